The van der Waals surface area contributed by atoms with Gasteiger partial charge in [-0.2, -0.15) is 0 Å². The molecule has 0 radical (unpaired) electrons. The van der Waals surface area contributed by atoms with Crippen molar-refractivity contribution in [2.45, 2.75) is 19.4 Å². The number of hydrogen-bond acceptors (Lipinski definition) is 3. The first kappa shape index (κ1) is 12.8. The average molecular weight is 252 g/mol. The molecule has 1 aliphatic rings. The SMILES string of the molecule is CC1(C)CN(C(=O)c2cc(F)ccc2O)CCN1. The number of piperazine rings is 1. The molecular weight excluding hydrogens is 235 g/mol. The molecule has 0 aliphatic carbocycles. The molecule has 1 aliphatic heterocycles. The van der Waals surface area contributed by atoms with Crippen molar-refractivity contribution >= 4 is 5.91 Å². The molecule has 4 nitrogen and oxygen atoms in total. The number of amides is 1. The van der Waals surface area contributed by atoms with E-state index in [0.29, 0.717) is 19.6 Å². The molecule has 0 spiro atoms. The Morgan fingerprint density at radius 2 is 2.22 bits per heavy atom. The highest BCUT2D eigenvalue weighted by Gasteiger charge is 2.30. The molecule has 0 atom stereocenters. The van der Waals surface area contributed by atoms with Gasteiger partial charge in [0.2, 0.25) is 0 Å². The maximum Gasteiger partial charge on any atom is 0.257 e. The van der Waals surface area contributed by atoms with Gasteiger partial charge in [-0.3, -0.25) is 4.79 Å². The van der Waals surface area contributed by atoms with Crippen molar-refractivity contribution in [3.63, 3.8) is 0 Å². The third-order valence-corrected chi connectivity index (χ3v) is 3.05. The number of carbonyl (C=O) groups excluding carboxylic acids is 1. The molecule has 0 saturated carbocycles. The molecule has 1 fully saturated rings. The van der Waals surface area contributed by atoms with E-state index in [0.717, 1.165) is 12.1 Å². The lowest BCUT2D eigenvalue weighted by Gasteiger charge is -2.39. The zero-order valence-corrected chi connectivity index (χ0v) is 10.5. The third kappa shape index (κ3) is 2.61. The van der Waals surface area contributed by atoms with Gasteiger partial charge in [-0.1, -0.05) is 0 Å². The van der Waals surface area contributed by atoms with Crippen LogP contribution in [-0.4, -0.2) is 41.1 Å². The van der Waals surface area contributed by atoms with E-state index in [-0.39, 0.29) is 22.8 Å². The maximum absolute atomic E-state index is 13.1. The van der Waals surface area contributed by atoms with Crippen molar-refractivity contribution < 1.29 is 14.3 Å². The summed E-state index contributed by atoms with van der Waals surface area (Å²) in [5.74, 6) is -1.04. The molecule has 2 N–H and O–H groups in total. The topological polar surface area (TPSA) is 52.6 Å². The number of aromatic hydroxyl groups is 1. The van der Waals surface area contributed by atoms with Gasteiger partial charge in [0, 0.05) is 25.2 Å². The van der Waals surface area contributed by atoms with Crippen LogP contribution < -0.4 is 5.32 Å². The molecule has 1 aromatic carbocycles. The highest BCUT2D eigenvalue weighted by Crippen LogP contribution is 2.21. The van der Waals surface area contributed by atoms with Gasteiger partial charge >= 0.3 is 0 Å². The quantitative estimate of drug-likeness (QED) is 0.793. The predicted octanol–water partition coefficient (Wildman–Crippen LogP) is 1.36. The molecule has 98 valence electrons. The van der Waals surface area contributed by atoms with Crippen LogP contribution in [-0.2, 0) is 0 Å². The summed E-state index contributed by atoms with van der Waals surface area (Å²) in [6, 6.07) is 3.41. The lowest BCUT2D eigenvalue weighted by molar-refractivity contribution is 0.0648. The zero-order valence-electron chi connectivity index (χ0n) is 10.5. The molecule has 18 heavy (non-hydrogen) atoms. The van der Waals surface area contributed by atoms with E-state index >= 15 is 0 Å². The van der Waals surface area contributed by atoms with Crippen LogP contribution in [0.25, 0.3) is 0 Å². The van der Waals surface area contributed by atoms with Crippen LogP contribution in [0.4, 0.5) is 4.39 Å². The van der Waals surface area contributed by atoms with Crippen molar-refractivity contribution in [3.05, 3.63) is 29.6 Å². The number of rotatable bonds is 1. The van der Waals surface area contributed by atoms with Crippen LogP contribution in [0.2, 0.25) is 0 Å². The normalized spacial score (nSPS) is 18.7. The average Bonchev–Trinajstić information content (AvgIpc) is 2.30. The predicted molar refractivity (Wildman–Crippen MR) is 66.1 cm³/mol. The Morgan fingerprint density at radius 3 is 2.89 bits per heavy atom. The molecule has 1 heterocycles. The number of benzene rings is 1. The second-order valence-corrected chi connectivity index (χ2v) is 5.20. The molecule has 0 bridgehead atoms. The highest BCUT2D eigenvalue weighted by atomic mass is 19.1. The third-order valence-electron chi connectivity index (χ3n) is 3.05. The van der Waals surface area contributed by atoms with Gasteiger partial charge in [-0.05, 0) is 32.0 Å². The number of nitrogens with one attached hydrogen (secondary N) is 1. The first-order valence-electron chi connectivity index (χ1n) is 5.92. The maximum atomic E-state index is 13.1. The highest BCUT2D eigenvalue weighted by molar-refractivity contribution is 5.97. The largest absolute Gasteiger partial charge is 0.507 e. The molecule has 2 rings (SSSR count). The summed E-state index contributed by atoms with van der Waals surface area (Å²) < 4.78 is 13.1. The first-order valence-corrected chi connectivity index (χ1v) is 5.92. The second-order valence-electron chi connectivity index (χ2n) is 5.20. The Bertz CT molecular complexity index is 474. The Balaban J connectivity index is 2.23. The van der Waals surface area contributed by atoms with E-state index in [1.54, 1.807) is 4.90 Å². The van der Waals surface area contributed by atoms with Gasteiger partial charge in [0.25, 0.3) is 5.91 Å². The van der Waals surface area contributed by atoms with E-state index in [1.807, 2.05) is 13.8 Å². The molecule has 5 heteroatoms. The molecule has 1 aromatic rings. The minimum atomic E-state index is -0.523. The fourth-order valence-corrected chi connectivity index (χ4v) is 2.16. The molecule has 1 saturated heterocycles. The number of hydrogen-bond donors (Lipinski definition) is 2. The summed E-state index contributed by atoms with van der Waals surface area (Å²) in [6.45, 7) is 5.77. The minimum absolute atomic E-state index is 0.0210. The summed E-state index contributed by atoms with van der Waals surface area (Å²) in [5, 5.41) is 12.9. The van der Waals surface area contributed by atoms with Crippen molar-refractivity contribution in [3.8, 4) is 5.75 Å². The Hall–Kier alpha value is -1.62. The number of phenols is 1. The van der Waals surface area contributed by atoms with Crippen LogP contribution in [0.15, 0.2) is 18.2 Å². The van der Waals surface area contributed by atoms with Crippen molar-refractivity contribution in [2.24, 2.45) is 0 Å². The summed E-state index contributed by atoms with van der Waals surface area (Å²) in [4.78, 5) is 13.9. The van der Waals surface area contributed by atoms with E-state index < -0.39 is 5.82 Å². The molecular formula is C13H17FN2O2. The Labute approximate surface area is 105 Å². The zero-order chi connectivity index (χ0) is 13.3. The van der Waals surface area contributed by atoms with Crippen LogP contribution in [0.5, 0.6) is 5.75 Å². The number of phenolic OH excluding ortho intramolecular Hbond substituents is 1. The van der Waals surface area contributed by atoms with Crippen molar-refractivity contribution in [1.29, 1.82) is 0 Å². The molecule has 0 unspecified atom stereocenters. The van der Waals surface area contributed by atoms with E-state index in [2.05, 4.69) is 5.32 Å². The van der Waals surface area contributed by atoms with Crippen LogP contribution in [0.3, 0.4) is 0 Å². The van der Waals surface area contributed by atoms with E-state index in [9.17, 15) is 14.3 Å². The van der Waals surface area contributed by atoms with Gasteiger partial charge in [0.05, 0.1) is 5.56 Å². The van der Waals surface area contributed by atoms with Gasteiger partial charge < -0.3 is 15.3 Å². The van der Waals surface area contributed by atoms with Crippen LogP contribution >= 0.6 is 0 Å². The van der Waals surface area contributed by atoms with Crippen LogP contribution in [0.1, 0.15) is 24.2 Å². The van der Waals surface area contributed by atoms with Gasteiger partial charge in [-0.15, -0.1) is 0 Å². The molecule has 0 aromatic heterocycles. The van der Waals surface area contributed by atoms with E-state index in [1.165, 1.54) is 6.07 Å². The number of nitrogens with zero attached hydrogens (tertiary/aromatic N) is 1. The van der Waals surface area contributed by atoms with Gasteiger partial charge in [0.1, 0.15) is 11.6 Å². The number of carbonyl (C=O) groups is 1. The van der Waals surface area contributed by atoms with Crippen molar-refractivity contribution in [2.75, 3.05) is 19.6 Å². The summed E-state index contributed by atoms with van der Waals surface area (Å²) >= 11 is 0. The van der Waals surface area contributed by atoms with Crippen LogP contribution in [0, 0.1) is 5.82 Å². The van der Waals surface area contributed by atoms with Gasteiger partial charge in [0.15, 0.2) is 0 Å². The monoisotopic (exact) mass is 252 g/mol. The first-order chi connectivity index (χ1) is 8.39. The summed E-state index contributed by atoms with van der Waals surface area (Å²) in [5.41, 5.74) is -0.149. The Morgan fingerprint density at radius 1 is 1.50 bits per heavy atom. The van der Waals surface area contributed by atoms with E-state index in [4.69, 9.17) is 0 Å². The second kappa shape index (κ2) is 4.57. The fraction of sp³-hybridized carbons (Fsp3) is 0.462. The summed E-state index contributed by atoms with van der Waals surface area (Å²) in [7, 11) is 0. The van der Waals surface area contributed by atoms with Crippen molar-refractivity contribution in [1.82, 2.24) is 10.2 Å². The van der Waals surface area contributed by atoms with Gasteiger partial charge in [-0.25, -0.2) is 4.39 Å². The lowest BCUT2D eigenvalue weighted by Crippen LogP contribution is -2.58. The lowest BCUT2D eigenvalue weighted by atomic mass is 10.0. The number of halogens is 1. The fourth-order valence-electron chi connectivity index (χ4n) is 2.16. The summed E-state index contributed by atoms with van der Waals surface area (Å²) in [6.07, 6.45) is 0. The molecule has 1 amide bonds. The standard InChI is InChI=1S/C13H17FN2O2/c1-13(2)8-16(6-5-15-13)12(18)10-7-9(14)3-4-11(10)17/h3-4,7,15,17H,5-6,8H2,1-2H3. The minimum Gasteiger partial charge on any atom is -0.507 e. The smallest absolute Gasteiger partial charge is 0.257 e. The Kier molecular flexibility index (Phi) is 3.26.